The summed E-state index contributed by atoms with van der Waals surface area (Å²) in [6, 6.07) is 12.6. The van der Waals surface area contributed by atoms with Crippen LogP contribution in [-0.2, 0) is 13.0 Å². The van der Waals surface area contributed by atoms with Gasteiger partial charge in [-0.2, -0.15) is 0 Å². The van der Waals surface area contributed by atoms with Gasteiger partial charge in [0.05, 0.1) is 20.3 Å². The number of methoxy groups -OCH3 is 2. The number of rotatable bonds is 7. The van der Waals surface area contributed by atoms with Crippen LogP contribution in [0.5, 0.6) is 11.5 Å². The SMILES string of the molecule is COc1cc2c(cc1OC)C(C(C)NC(=O)NC(C)C)N(Cc1cccc(C)c1)CC2. The molecule has 1 aliphatic heterocycles. The zero-order chi connectivity index (χ0) is 22.5. The average molecular weight is 426 g/mol. The number of nitrogens with zero attached hydrogens (tertiary/aromatic N) is 1. The van der Waals surface area contributed by atoms with Gasteiger partial charge in [0.25, 0.3) is 0 Å². The second-order valence-electron chi connectivity index (χ2n) is 8.62. The molecular weight excluding hydrogens is 390 g/mol. The summed E-state index contributed by atoms with van der Waals surface area (Å²) in [6.07, 6.45) is 0.920. The minimum absolute atomic E-state index is 0.0157. The van der Waals surface area contributed by atoms with Crippen LogP contribution in [0.15, 0.2) is 36.4 Å². The summed E-state index contributed by atoms with van der Waals surface area (Å²) in [5.41, 5.74) is 4.93. The highest BCUT2D eigenvalue weighted by atomic mass is 16.5. The first-order valence-corrected chi connectivity index (χ1v) is 10.9. The summed E-state index contributed by atoms with van der Waals surface area (Å²) >= 11 is 0. The second-order valence-corrected chi connectivity index (χ2v) is 8.62. The highest BCUT2D eigenvalue weighted by Gasteiger charge is 2.33. The molecule has 0 bridgehead atoms. The van der Waals surface area contributed by atoms with Crippen molar-refractivity contribution in [2.24, 2.45) is 0 Å². The van der Waals surface area contributed by atoms with E-state index in [4.69, 9.17) is 9.47 Å². The third kappa shape index (κ3) is 5.50. The number of aryl methyl sites for hydroxylation is 1. The Balaban J connectivity index is 1.96. The third-order valence-electron chi connectivity index (χ3n) is 5.75. The van der Waals surface area contributed by atoms with Gasteiger partial charge in [0, 0.05) is 25.2 Å². The van der Waals surface area contributed by atoms with Crippen LogP contribution in [0.1, 0.15) is 49.1 Å². The Kier molecular flexibility index (Phi) is 7.44. The molecule has 2 unspecified atom stereocenters. The molecule has 1 heterocycles. The Bertz CT molecular complexity index is 913. The number of hydrogen-bond acceptors (Lipinski definition) is 4. The lowest BCUT2D eigenvalue weighted by molar-refractivity contribution is 0.143. The molecule has 168 valence electrons. The summed E-state index contributed by atoms with van der Waals surface area (Å²) in [4.78, 5) is 14.9. The number of ether oxygens (including phenoxy) is 2. The van der Waals surface area contributed by atoms with Crippen molar-refractivity contribution in [1.82, 2.24) is 15.5 Å². The second kappa shape index (κ2) is 10.1. The van der Waals surface area contributed by atoms with E-state index in [0.717, 1.165) is 25.3 Å². The van der Waals surface area contributed by atoms with E-state index in [1.807, 2.05) is 13.8 Å². The predicted octanol–water partition coefficient (Wildman–Crippen LogP) is 4.21. The molecule has 2 amide bonds. The predicted molar refractivity (Wildman–Crippen MR) is 124 cm³/mol. The highest BCUT2D eigenvalue weighted by molar-refractivity contribution is 5.74. The number of carbonyl (C=O) groups is 1. The fourth-order valence-corrected chi connectivity index (χ4v) is 4.43. The number of fused-ring (bicyclic) bond motifs is 1. The van der Waals surface area contributed by atoms with Gasteiger partial charge >= 0.3 is 6.03 Å². The number of hydrogen-bond donors (Lipinski definition) is 2. The maximum Gasteiger partial charge on any atom is 0.315 e. The molecule has 0 spiro atoms. The summed E-state index contributed by atoms with van der Waals surface area (Å²) in [5, 5.41) is 6.09. The van der Waals surface area contributed by atoms with Crippen molar-refractivity contribution in [3.05, 3.63) is 58.7 Å². The van der Waals surface area contributed by atoms with Crippen molar-refractivity contribution in [2.45, 2.75) is 58.8 Å². The maximum atomic E-state index is 12.5. The molecule has 0 saturated carbocycles. The standard InChI is InChI=1S/C25H35N3O3/c1-16(2)26-25(29)27-18(4)24-21-14-23(31-6)22(30-5)13-20(21)10-11-28(24)15-19-9-7-8-17(3)12-19/h7-9,12-14,16,18,24H,10-11,15H2,1-6H3,(H2,26,27,29). The lowest BCUT2D eigenvalue weighted by Gasteiger charge is -2.41. The van der Waals surface area contributed by atoms with Gasteiger partial charge in [0.2, 0.25) is 0 Å². The molecule has 2 aromatic carbocycles. The molecule has 0 aromatic heterocycles. The van der Waals surface area contributed by atoms with Crippen LogP contribution in [0.25, 0.3) is 0 Å². The highest BCUT2D eigenvalue weighted by Crippen LogP contribution is 2.40. The van der Waals surface area contributed by atoms with Crippen molar-refractivity contribution >= 4 is 6.03 Å². The molecule has 0 radical (unpaired) electrons. The number of urea groups is 1. The van der Waals surface area contributed by atoms with Crippen molar-refractivity contribution in [3.63, 3.8) is 0 Å². The zero-order valence-corrected chi connectivity index (χ0v) is 19.5. The van der Waals surface area contributed by atoms with Crippen LogP contribution >= 0.6 is 0 Å². The Hall–Kier alpha value is -2.73. The van der Waals surface area contributed by atoms with E-state index < -0.39 is 0 Å². The van der Waals surface area contributed by atoms with Crippen LogP contribution in [0.3, 0.4) is 0 Å². The maximum absolute atomic E-state index is 12.5. The Morgan fingerprint density at radius 3 is 2.45 bits per heavy atom. The molecule has 31 heavy (non-hydrogen) atoms. The largest absolute Gasteiger partial charge is 0.493 e. The summed E-state index contributed by atoms with van der Waals surface area (Å²) in [6.45, 7) is 9.82. The van der Waals surface area contributed by atoms with Gasteiger partial charge in [-0.15, -0.1) is 0 Å². The van der Waals surface area contributed by atoms with E-state index in [0.29, 0.717) is 5.75 Å². The number of amides is 2. The van der Waals surface area contributed by atoms with Gasteiger partial charge in [0.15, 0.2) is 11.5 Å². The molecule has 1 aliphatic rings. The van der Waals surface area contributed by atoms with E-state index in [-0.39, 0.29) is 24.2 Å². The topological polar surface area (TPSA) is 62.8 Å². The van der Waals surface area contributed by atoms with Gasteiger partial charge in [-0.25, -0.2) is 4.79 Å². The molecule has 3 rings (SSSR count). The van der Waals surface area contributed by atoms with Crippen molar-refractivity contribution < 1.29 is 14.3 Å². The van der Waals surface area contributed by atoms with E-state index in [1.165, 1.54) is 22.3 Å². The fourth-order valence-electron chi connectivity index (χ4n) is 4.43. The van der Waals surface area contributed by atoms with Crippen LogP contribution in [0.2, 0.25) is 0 Å². The number of nitrogens with one attached hydrogen (secondary N) is 2. The fraction of sp³-hybridized carbons (Fsp3) is 0.480. The molecule has 6 heteroatoms. The van der Waals surface area contributed by atoms with Crippen molar-refractivity contribution in [2.75, 3.05) is 20.8 Å². The quantitative estimate of drug-likeness (QED) is 0.698. The Labute approximate surface area is 185 Å². The molecule has 0 saturated heterocycles. The van der Waals surface area contributed by atoms with Gasteiger partial charge < -0.3 is 20.1 Å². The number of benzene rings is 2. The lowest BCUT2D eigenvalue weighted by atomic mass is 9.87. The number of carbonyl (C=O) groups excluding carboxylic acids is 1. The Morgan fingerprint density at radius 2 is 1.81 bits per heavy atom. The lowest BCUT2D eigenvalue weighted by Crippen LogP contribution is -2.50. The minimum atomic E-state index is -0.148. The summed E-state index contributed by atoms with van der Waals surface area (Å²) < 4.78 is 11.1. The first-order valence-electron chi connectivity index (χ1n) is 10.9. The van der Waals surface area contributed by atoms with E-state index in [1.54, 1.807) is 14.2 Å². The third-order valence-corrected chi connectivity index (χ3v) is 5.75. The van der Waals surface area contributed by atoms with Crippen molar-refractivity contribution in [3.8, 4) is 11.5 Å². The van der Waals surface area contributed by atoms with Gasteiger partial charge in [-0.05, 0) is 62.9 Å². The first kappa shape index (κ1) is 22.9. The van der Waals surface area contributed by atoms with Crippen molar-refractivity contribution in [1.29, 1.82) is 0 Å². The first-order chi connectivity index (χ1) is 14.8. The molecule has 0 fully saturated rings. The van der Waals surface area contributed by atoms with Crippen LogP contribution in [0.4, 0.5) is 4.79 Å². The van der Waals surface area contributed by atoms with Crippen LogP contribution < -0.4 is 20.1 Å². The van der Waals surface area contributed by atoms with E-state index in [2.05, 4.69) is 65.8 Å². The molecule has 2 N–H and O–H groups in total. The molecule has 6 nitrogen and oxygen atoms in total. The molecular formula is C25H35N3O3. The van der Waals surface area contributed by atoms with E-state index in [9.17, 15) is 4.79 Å². The van der Waals surface area contributed by atoms with Gasteiger partial charge in [-0.1, -0.05) is 29.8 Å². The molecule has 2 atom stereocenters. The minimum Gasteiger partial charge on any atom is -0.493 e. The monoisotopic (exact) mass is 425 g/mol. The van der Waals surface area contributed by atoms with Crippen LogP contribution in [-0.4, -0.2) is 43.8 Å². The van der Waals surface area contributed by atoms with E-state index >= 15 is 0 Å². The zero-order valence-electron chi connectivity index (χ0n) is 19.5. The van der Waals surface area contributed by atoms with Gasteiger partial charge in [-0.3, -0.25) is 4.90 Å². The molecule has 0 aliphatic carbocycles. The van der Waals surface area contributed by atoms with Crippen LogP contribution in [0, 0.1) is 6.92 Å². The normalized spacial score (nSPS) is 17.1. The molecule has 2 aromatic rings. The smallest absolute Gasteiger partial charge is 0.315 e. The summed E-state index contributed by atoms with van der Waals surface area (Å²) in [5.74, 6) is 1.45. The van der Waals surface area contributed by atoms with Gasteiger partial charge in [0.1, 0.15) is 0 Å². The average Bonchev–Trinajstić information content (AvgIpc) is 2.71. The summed E-state index contributed by atoms with van der Waals surface area (Å²) in [7, 11) is 3.32. The Morgan fingerprint density at radius 1 is 1.10 bits per heavy atom.